The SMILES string of the molecule is CC1CNC(C)CCN(CC2(C)CCN(C)CC2)C1. The van der Waals surface area contributed by atoms with E-state index in [1.54, 1.807) is 0 Å². The Kier molecular flexibility index (Phi) is 5.27. The first-order chi connectivity index (χ1) is 8.97. The zero-order valence-corrected chi connectivity index (χ0v) is 13.4. The van der Waals surface area contributed by atoms with E-state index in [1.807, 2.05) is 0 Å². The van der Waals surface area contributed by atoms with Gasteiger partial charge in [0.2, 0.25) is 0 Å². The molecule has 0 aliphatic carbocycles. The van der Waals surface area contributed by atoms with Crippen LogP contribution in [0.25, 0.3) is 0 Å². The van der Waals surface area contributed by atoms with E-state index in [0.717, 1.165) is 5.92 Å². The summed E-state index contributed by atoms with van der Waals surface area (Å²) in [5.74, 6) is 0.776. The predicted molar refractivity (Wildman–Crippen MR) is 82.5 cm³/mol. The molecule has 0 bridgehead atoms. The third-order valence-corrected chi connectivity index (χ3v) is 5.06. The van der Waals surface area contributed by atoms with Crippen molar-refractivity contribution in [1.82, 2.24) is 15.1 Å². The van der Waals surface area contributed by atoms with Crippen molar-refractivity contribution in [3.63, 3.8) is 0 Å². The highest BCUT2D eigenvalue weighted by atomic mass is 15.2. The Labute approximate surface area is 119 Å². The van der Waals surface area contributed by atoms with Crippen molar-refractivity contribution < 1.29 is 0 Å². The van der Waals surface area contributed by atoms with E-state index in [9.17, 15) is 0 Å². The largest absolute Gasteiger partial charge is 0.314 e. The lowest BCUT2D eigenvalue weighted by Crippen LogP contribution is -2.48. The predicted octanol–water partition coefficient (Wildman–Crippen LogP) is 2.04. The van der Waals surface area contributed by atoms with Crippen molar-refractivity contribution >= 4 is 0 Å². The molecule has 2 fully saturated rings. The fourth-order valence-electron chi connectivity index (χ4n) is 3.48. The standard InChI is InChI=1S/C16H33N3/c1-14-11-17-15(2)5-8-19(12-14)13-16(3)6-9-18(4)10-7-16/h14-15,17H,5-13H2,1-4H3. The molecule has 3 heteroatoms. The van der Waals surface area contributed by atoms with E-state index in [4.69, 9.17) is 0 Å². The van der Waals surface area contributed by atoms with Gasteiger partial charge in [0.05, 0.1) is 0 Å². The Morgan fingerprint density at radius 1 is 1.16 bits per heavy atom. The Morgan fingerprint density at radius 3 is 2.53 bits per heavy atom. The van der Waals surface area contributed by atoms with Crippen LogP contribution in [0.4, 0.5) is 0 Å². The molecule has 2 saturated heterocycles. The molecule has 112 valence electrons. The van der Waals surface area contributed by atoms with E-state index < -0.39 is 0 Å². The summed E-state index contributed by atoms with van der Waals surface area (Å²) in [7, 11) is 2.26. The molecule has 0 radical (unpaired) electrons. The van der Waals surface area contributed by atoms with E-state index >= 15 is 0 Å². The normalized spacial score (nSPS) is 34.7. The van der Waals surface area contributed by atoms with Gasteiger partial charge in [-0.3, -0.25) is 0 Å². The third kappa shape index (κ3) is 4.73. The molecule has 2 heterocycles. The first-order valence-corrected chi connectivity index (χ1v) is 8.11. The molecule has 19 heavy (non-hydrogen) atoms. The smallest absolute Gasteiger partial charge is 0.00510 e. The van der Waals surface area contributed by atoms with Crippen molar-refractivity contribution in [3.05, 3.63) is 0 Å². The van der Waals surface area contributed by atoms with Crippen LogP contribution in [0.3, 0.4) is 0 Å². The number of nitrogens with zero attached hydrogens (tertiary/aromatic N) is 2. The zero-order chi connectivity index (χ0) is 13.9. The molecule has 2 unspecified atom stereocenters. The van der Waals surface area contributed by atoms with Gasteiger partial charge < -0.3 is 15.1 Å². The van der Waals surface area contributed by atoms with Crippen molar-refractivity contribution in [2.75, 3.05) is 46.3 Å². The highest BCUT2D eigenvalue weighted by Crippen LogP contribution is 2.31. The topological polar surface area (TPSA) is 18.5 Å². The second kappa shape index (κ2) is 6.55. The molecule has 0 aromatic rings. The van der Waals surface area contributed by atoms with Crippen LogP contribution in [0.2, 0.25) is 0 Å². The van der Waals surface area contributed by atoms with E-state index in [1.165, 1.54) is 58.5 Å². The molecule has 2 aliphatic heterocycles. The van der Waals surface area contributed by atoms with E-state index in [2.05, 4.69) is 42.9 Å². The first-order valence-electron chi connectivity index (χ1n) is 8.11. The zero-order valence-electron chi connectivity index (χ0n) is 13.4. The fraction of sp³-hybridized carbons (Fsp3) is 1.00. The van der Waals surface area contributed by atoms with Crippen LogP contribution in [0, 0.1) is 11.3 Å². The van der Waals surface area contributed by atoms with Crippen molar-refractivity contribution in [1.29, 1.82) is 0 Å². The van der Waals surface area contributed by atoms with Gasteiger partial charge in [0.25, 0.3) is 0 Å². The summed E-state index contributed by atoms with van der Waals surface area (Å²) in [5, 5.41) is 3.64. The summed E-state index contributed by atoms with van der Waals surface area (Å²) in [6.45, 7) is 14.8. The van der Waals surface area contributed by atoms with Crippen LogP contribution < -0.4 is 5.32 Å². The Morgan fingerprint density at radius 2 is 1.84 bits per heavy atom. The number of nitrogens with one attached hydrogen (secondary N) is 1. The van der Waals surface area contributed by atoms with Crippen molar-refractivity contribution in [2.45, 2.75) is 46.1 Å². The highest BCUT2D eigenvalue weighted by molar-refractivity contribution is 4.86. The van der Waals surface area contributed by atoms with Crippen LogP contribution in [0.1, 0.15) is 40.0 Å². The molecule has 0 spiro atoms. The van der Waals surface area contributed by atoms with Gasteiger partial charge in [0.1, 0.15) is 0 Å². The van der Waals surface area contributed by atoms with Gasteiger partial charge in [-0.1, -0.05) is 13.8 Å². The second-order valence-corrected chi connectivity index (χ2v) is 7.55. The summed E-state index contributed by atoms with van der Waals surface area (Å²) < 4.78 is 0. The van der Waals surface area contributed by atoms with Crippen molar-refractivity contribution in [3.8, 4) is 0 Å². The van der Waals surface area contributed by atoms with Gasteiger partial charge in [-0.05, 0) is 70.7 Å². The quantitative estimate of drug-likeness (QED) is 0.826. The maximum absolute atomic E-state index is 3.64. The molecule has 2 atom stereocenters. The number of likely N-dealkylation sites (tertiary alicyclic amines) is 1. The van der Waals surface area contributed by atoms with Gasteiger partial charge in [0, 0.05) is 19.1 Å². The Bertz CT molecular complexity index is 271. The minimum atomic E-state index is 0.544. The minimum Gasteiger partial charge on any atom is -0.314 e. The lowest BCUT2D eigenvalue weighted by molar-refractivity contribution is 0.0736. The number of hydrogen-bond acceptors (Lipinski definition) is 3. The molecule has 0 aromatic heterocycles. The molecule has 0 saturated carbocycles. The maximum atomic E-state index is 3.64. The summed E-state index contributed by atoms with van der Waals surface area (Å²) in [4.78, 5) is 5.22. The molecule has 1 N–H and O–H groups in total. The van der Waals surface area contributed by atoms with Gasteiger partial charge in [-0.25, -0.2) is 0 Å². The Balaban J connectivity index is 1.88. The van der Waals surface area contributed by atoms with Crippen LogP contribution in [0.15, 0.2) is 0 Å². The average Bonchev–Trinajstić information content (AvgIpc) is 2.36. The fourth-order valence-corrected chi connectivity index (χ4v) is 3.48. The molecular formula is C16H33N3. The average molecular weight is 267 g/mol. The molecular weight excluding hydrogens is 234 g/mol. The third-order valence-electron chi connectivity index (χ3n) is 5.06. The van der Waals surface area contributed by atoms with Crippen LogP contribution in [0.5, 0.6) is 0 Å². The van der Waals surface area contributed by atoms with Crippen LogP contribution in [-0.4, -0.2) is 62.2 Å². The molecule has 2 aliphatic rings. The van der Waals surface area contributed by atoms with Gasteiger partial charge in [-0.15, -0.1) is 0 Å². The number of piperidine rings is 1. The maximum Gasteiger partial charge on any atom is 0.00510 e. The second-order valence-electron chi connectivity index (χ2n) is 7.55. The Hall–Kier alpha value is -0.120. The highest BCUT2D eigenvalue weighted by Gasteiger charge is 2.31. The van der Waals surface area contributed by atoms with Crippen LogP contribution in [-0.2, 0) is 0 Å². The van der Waals surface area contributed by atoms with Gasteiger partial charge >= 0.3 is 0 Å². The van der Waals surface area contributed by atoms with Gasteiger partial charge in [-0.2, -0.15) is 0 Å². The summed E-state index contributed by atoms with van der Waals surface area (Å²) >= 11 is 0. The molecule has 3 nitrogen and oxygen atoms in total. The minimum absolute atomic E-state index is 0.544. The monoisotopic (exact) mass is 267 g/mol. The lowest BCUT2D eigenvalue weighted by atomic mass is 9.79. The van der Waals surface area contributed by atoms with Crippen molar-refractivity contribution in [2.24, 2.45) is 11.3 Å². The molecule has 0 amide bonds. The molecule has 0 aromatic carbocycles. The molecule has 2 rings (SSSR count). The lowest BCUT2D eigenvalue weighted by Gasteiger charge is -2.42. The van der Waals surface area contributed by atoms with E-state index in [-0.39, 0.29) is 0 Å². The number of hydrogen-bond donors (Lipinski definition) is 1. The first kappa shape index (κ1) is 15.3. The summed E-state index contributed by atoms with van der Waals surface area (Å²) in [6, 6.07) is 0.676. The van der Waals surface area contributed by atoms with Crippen LogP contribution >= 0.6 is 0 Å². The number of rotatable bonds is 2. The summed E-state index contributed by atoms with van der Waals surface area (Å²) in [5.41, 5.74) is 0.544. The van der Waals surface area contributed by atoms with Gasteiger partial charge in [0.15, 0.2) is 0 Å². The van der Waals surface area contributed by atoms with E-state index in [0.29, 0.717) is 11.5 Å². The summed E-state index contributed by atoms with van der Waals surface area (Å²) in [6.07, 6.45) is 4.02.